The fourth-order valence-electron chi connectivity index (χ4n) is 5.72. The second kappa shape index (κ2) is 11.3. The summed E-state index contributed by atoms with van der Waals surface area (Å²) in [6.45, 7) is 10.8. The van der Waals surface area contributed by atoms with Gasteiger partial charge in [-0.25, -0.2) is 14.7 Å². The second-order valence-electron chi connectivity index (χ2n) is 12.2. The van der Waals surface area contributed by atoms with Crippen molar-refractivity contribution in [3.05, 3.63) is 65.6 Å². The molecule has 2 aromatic heterocycles. The number of imide groups is 1. The van der Waals surface area contributed by atoms with Gasteiger partial charge in [0.25, 0.3) is 5.91 Å². The largest absolute Gasteiger partial charge is 0.443 e. The smallest absolute Gasteiger partial charge is 0.417 e. The summed E-state index contributed by atoms with van der Waals surface area (Å²) in [4.78, 5) is 42.0. The number of piperazine rings is 1. The number of carbonyl (C=O) groups is 2. The predicted molar refractivity (Wildman–Crippen MR) is 161 cm³/mol. The van der Waals surface area contributed by atoms with Crippen molar-refractivity contribution < 1.29 is 19.1 Å². The van der Waals surface area contributed by atoms with E-state index in [2.05, 4.69) is 44.3 Å². The van der Waals surface area contributed by atoms with Crippen LogP contribution < -0.4 is 10.2 Å². The molecule has 3 aromatic rings. The van der Waals surface area contributed by atoms with Crippen LogP contribution in [-0.2, 0) is 16.0 Å². The standard InChI is InChI=1S/C32H38N6O4/c1-32(2,3)42-31(40)38-19-25-24(21-9-11-33-27(17-21)22-10-16-41-20-22)6-7-26(29(25)30(38)39)35-28-8-5-23(18-34-28)37-14-12-36(4)13-15-37/h5-9,11,17-18,22H,10,12-16,19-20H2,1-4H3,(H,34,35). The maximum absolute atomic E-state index is 13.8. The van der Waals surface area contributed by atoms with E-state index in [-0.39, 0.29) is 12.5 Å². The number of hydrogen-bond acceptors (Lipinski definition) is 9. The first-order chi connectivity index (χ1) is 20.2. The van der Waals surface area contributed by atoms with Gasteiger partial charge >= 0.3 is 6.09 Å². The Morgan fingerprint density at radius 1 is 1.07 bits per heavy atom. The van der Waals surface area contributed by atoms with Gasteiger partial charge in [0.15, 0.2) is 0 Å². The van der Waals surface area contributed by atoms with Crippen molar-refractivity contribution in [2.45, 2.75) is 45.3 Å². The van der Waals surface area contributed by atoms with Crippen molar-refractivity contribution in [3.8, 4) is 11.1 Å². The van der Waals surface area contributed by atoms with Crippen LogP contribution in [0.25, 0.3) is 11.1 Å². The maximum Gasteiger partial charge on any atom is 0.417 e. The fraction of sp³-hybridized carbons (Fsp3) is 0.438. The third kappa shape index (κ3) is 5.82. The molecule has 220 valence electrons. The summed E-state index contributed by atoms with van der Waals surface area (Å²) in [5.74, 6) is 0.480. The topological polar surface area (TPSA) is 100 Å². The van der Waals surface area contributed by atoms with Crippen molar-refractivity contribution in [3.63, 3.8) is 0 Å². The number of nitrogens with zero attached hydrogens (tertiary/aromatic N) is 5. The summed E-state index contributed by atoms with van der Waals surface area (Å²) < 4.78 is 11.2. The van der Waals surface area contributed by atoms with Crippen LogP contribution in [-0.4, -0.2) is 83.8 Å². The maximum atomic E-state index is 13.8. The molecule has 3 aliphatic heterocycles. The van der Waals surface area contributed by atoms with Gasteiger partial charge in [-0.15, -0.1) is 0 Å². The lowest BCUT2D eigenvalue weighted by atomic mass is 9.94. The quantitative estimate of drug-likeness (QED) is 0.453. The van der Waals surface area contributed by atoms with Gasteiger partial charge < -0.3 is 24.6 Å². The van der Waals surface area contributed by atoms with Crippen LogP contribution >= 0.6 is 0 Å². The Morgan fingerprint density at radius 3 is 2.57 bits per heavy atom. The van der Waals surface area contributed by atoms with Crippen LogP contribution in [0.1, 0.15) is 54.7 Å². The van der Waals surface area contributed by atoms with E-state index in [1.807, 2.05) is 30.5 Å². The monoisotopic (exact) mass is 570 g/mol. The first-order valence-corrected chi connectivity index (χ1v) is 14.6. The number of fused-ring (bicyclic) bond motifs is 1. The predicted octanol–water partition coefficient (Wildman–Crippen LogP) is 5.03. The Balaban J connectivity index is 1.32. The van der Waals surface area contributed by atoms with Crippen molar-refractivity contribution in [1.29, 1.82) is 0 Å². The fourth-order valence-corrected chi connectivity index (χ4v) is 5.72. The minimum Gasteiger partial charge on any atom is -0.443 e. The average Bonchev–Trinajstić information content (AvgIpc) is 3.62. The van der Waals surface area contributed by atoms with E-state index in [4.69, 9.17) is 9.47 Å². The van der Waals surface area contributed by atoms with Crippen LogP contribution in [0.4, 0.5) is 22.0 Å². The lowest BCUT2D eigenvalue weighted by Crippen LogP contribution is -2.44. The van der Waals surface area contributed by atoms with E-state index in [0.29, 0.717) is 23.7 Å². The number of likely N-dealkylation sites (N-methyl/N-ethyl adjacent to an activating group) is 1. The molecule has 2 fully saturated rings. The number of pyridine rings is 2. The van der Waals surface area contributed by atoms with Gasteiger partial charge in [0.1, 0.15) is 11.4 Å². The summed E-state index contributed by atoms with van der Waals surface area (Å²) in [5, 5.41) is 3.35. The van der Waals surface area contributed by atoms with E-state index in [1.165, 1.54) is 4.90 Å². The van der Waals surface area contributed by atoms with Gasteiger partial charge in [0.2, 0.25) is 0 Å². The number of ether oxygens (including phenoxy) is 2. The molecular weight excluding hydrogens is 532 g/mol. The molecule has 0 radical (unpaired) electrons. The number of nitrogens with one attached hydrogen (secondary N) is 1. The van der Waals surface area contributed by atoms with Crippen molar-refractivity contribution in [2.24, 2.45) is 0 Å². The minimum atomic E-state index is -0.727. The number of benzene rings is 1. The Bertz CT molecular complexity index is 1470. The zero-order valence-corrected chi connectivity index (χ0v) is 24.7. The number of rotatable bonds is 5. The lowest BCUT2D eigenvalue weighted by Gasteiger charge is -2.33. The highest BCUT2D eigenvalue weighted by Crippen LogP contribution is 2.39. The first kappa shape index (κ1) is 28.1. The molecule has 42 heavy (non-hydrogen) atoms. The van der Waals surface area contributed by atoms with Crippen molar-refractivity contribution >= 4 is 29.2 Å². The first-order valence-electron chi connectivity index (χ1n) is 14.6. The highest BCUT2D eigenvalue weighted by Gasteiger charge is 2.38. The Morgan fingerprint density at radius 2 is 1.88 bits per heavy atom. The number of carbonyl (C=O) groups excluding carboxylic acids is 2. The zero-order valence-electron chi connectivity index (χ0n) is 24.7. The van der Waals surface area contributed by atoms with E-state index in [9.17, 15) is 9.59 Å². The van der Waals surface area contributed by atoms with Crippen LogP contribution in [0.15, 0.2) is 48.8 Å². The van der Waals surface area contributed by atoms with Gasteiger partial charge in [-0.3, -0.25) is 9.78 Å². The third-order valence-electron chi connectivity index (χ3n) is 8.02. The molecule has 2 amide bonds. The zero-order chi connectivity index (χ0) is 29.4. The molecular formula is C32H38N6O4. The van der Waals surface area contributed by atoms with Gasteiger partial charge in [-0.2, -0.15) is 0 Å². The molecule has 5 heterocycles. The summed E-state index contributed by atoms with van der Waals surface area (Å²) in [5.41, 5.74) is 4.97. The Labute approximate surface area is 246 Å². The summed E-state index contributed by atoms with van der Waals surface area (Å²) in [6.07, 6.45) is 3.94. The molecule has 6 rings (SSSR count). The number of hydrogen-bond donors (Lipinski definition) is 1. The second-order valence-corrected chi connectivity index (χ2v) is 12.2. The van der Waals surface area contributed by atoms with Gasteiger partial charge in [-0.05, 0) is 81.3 Å². The van der Waals surface area contributed by atoms with Crippen molar-refractivity contribution in [1.82, 2.24) is 19.8 Å². The lowest BCUT2D eigenvalue weighted by molar-refractivity contribution is 0.0248. The molecule has 0 spiro atoms. The minimum absolute atomic E-state index is 0.119. The molecule has 2 saturated heterocycles. The Kier molecular flexibility index (Phi) is 7.59. The molecule has 3 aliphatic rings. The van der Waals surface area contributed by atoms with E-state index in [0.717, 1.165) is 67.3 Å². The average molecular weight is 571 g/mol. The van der Waals surface area contributed by atoms with Gasteiger partial charge in [0.05, 0.1) is 36.3 Å². The van der Waals surface area contributed by atoms with Crippen LogP contribution in [0.5, 0.6) is 0 Å². The van der Waals surface area contributed by atoms with Crippen LogP contribution in [0.2, 0.25) is 0 Å². The van der Waals surface area contributed by atoms with Crippen LogP contribution in [0.3, 0.4) is 0 Å². The SMILES string of the molecule is CN1CCN(c2ccc(Nc3ccc(-c4ccnc(C5CCOC5)c4)c4c3C(=O)N(C(=O)OC(C)(C)C)C4)nc2)CC1. The molecule has 1 N–H and O–H groups in total. The molecule has 10 nitrogen and oxygen atoms in total. The summed E-state index contributed by atoms with van der Waals surface area (Å²) >= 11 is 0. The normalized spacial score (nSPS) is 19.2. The van der Waals surface area contributed by atoms with E-state index in [1.54, 1.807) is 27.0 Å². The molecule has 0 aliphatic carbocycles. The highest BCUT2D eigenvalue weighted by atomic mass is 16.6. The van der Waals surface area contributed by atoms with Crippen molar-refractivity contribution in [2.75, 3.05) is 56.7 Å². The van der Waals surface area contributed by atoms with Gasteiger partial charge in [0, 0.05) is 50.6 Å². The molecule has 0 bridgehead atoms. The molecule has 0 saturated carbocycles. The molecule has 10 heteroatoms. The third-order valence-corrected chi connectivity index (χ3v) is 8.02. The summed E-state index contributed by atoms with van der Waals surface area (Å²) in [7, 11) is 2.13. The van der Waals surface area contributed by atoms with Crippen LogP contribution in [0, 0.1) is 0 Å². The summed E-state index contributed by atoms with van der Waals surface area (Å²) in [6, 6.07) is 11.9. The number of aromatic nitrogens is 2. The highest BCUT2D eigenvalue weighted by molar-refractivity contribution is 6.11. The van der Waals surface area contributed by atoms with E-state index >= 15 is 0 Å². The molecule has 1 aromatic carbocycles. The molecule has 1 atom stereocenters. The van der Waals surface area contributed by atoms with Gasteiger partial charge in [-0.1, -0.05) is 6.07 Å². The number of anilines is 3. The number of amides is 2. The Hall–Kier alpha value is -4.02. The van der Waals surface area contributed by atoms with E-state index < -0.39 is 17.6 Å². The molecule has 1 unspecified atom stereocenters.